The zero-order valence-corrected chi connectivity index (χ0v) is 18.4. The van der Waals surface area contributed by atoms with E-state index in [1.54, 1.807) is 29.9 Å². The number of benzene rings is 1. The Hall–Kier alpha value is -3.94. The molecule has 0 radical (unpaired) electrons. The Labute approximate surface area is 193 Å². The van der Waals surface area contributed by atoms with E-state index in [0.29, 0.717) is 41.2 Å². The van der Waals surface area contributed by atoms with Gasteiger partial charge in [0.05, 0.1) is 11.3 Å². The van der Waals surface area contributed by atoms with Gasteiger partial charge in [0.15, 0.2) is 17.1 Å². The van der Waals surface area contributed by atoms with Gasteiger partial charge in [0.1, 0.15) is 18.9 Å². The van der Waals surface area contributed by atoms with Crippen LogP contribution in [0.25, 0.3) is 22.2 Å². The van der Waals surface area contributed by atoms with Crippen LogP contribution in [0.4, 0.5) is 18.9 Å². The van der Waals surface area contributed by atoms with Gasteiger partial charge in [0.2, 0.25) is 0 Å². The van der Waals surface area contributed by atoms with Gasteiger partial charge in [-0.2, -0.15) is 10.4 Å². The number of nitrogens with zero attached hydrogens (tertiary/aromatic N) is 8. The second-order valence-electron chi connectivity index (χ2n) is 8.41. The summed E-state index contributed by atoms with van der Waals surface area (Å²) in [6.45, 7) is 0.263. The van der Waals surface area contributed by atoms with Crippen molar-refractivity contribution >= 4 is 16.7 Å². The van der Waals surface area contributed by atoms with Gasteiger partial charge in [-0.3, -0.25) is 4.68 Å². The quantitative estimate of drug-likeness (QED) is 0.444. The fourth-order valence-electron chi connectivity index (χ4n) is 4.55. The summed E-state index contributed by atoms with van der Waals surface area (Å²) in [7, 11) is 1.72. The zero-order chi connectivity index (χ0) is 23.9. The number of alkyl halides is 3. The van der Waals surface area contributed by atoms with Crippen molar-refractivity contribution in [1.82, 2.24) is 29.5 Å². The summed E-state index contributed by atoms with van der Waals surface area (Å²) in [6, 6.07) is 9.45. The molecule has 174 valence electrons. The van der Waals surface area contributed by atoms with Crippen LogP contribution in [0.5, 0.6) is 0 Å². The molecule has 0 bridgehead atoms. The summed E-state index contributed by atoms with van der Waals surface area (Å²) in [5, 5.41) is 22.3. The van der Waals surface area contributed by atoms with E-state index >= 15 is 4.39 Å². The van der Waals surface area contributed by atoms with Gasteiger partial charge in [-0.15, -0.1) is 10.2 Å². The smallest absolute Gasteiger partial charge is 0.257 e. The minimum atomic E-state index is -2.52. The highest BCUT2D eigenvalue weighted by Crippen LogP contribution is 2.41. The maximum Gasteiger partial charge on any atom is 0.257 e. The second kappa shape index (κ2) is 8.44. The molecule has 1 fully saturated rings. The van der Waals surface area contributed by atoms with Gasteiger partial charge in [-0.05, 0) is 12.1 Å². The summed E-state index contributed by atoms with van der Waals surface area (Å²) in [5.41, 5.74) is 1.43. The molecule has 1 aliphatic rings. The molecular formula is C23H21F3N8. The van der Waals surface area contributed by atoms with Crippen LogP contribution in [0, 0.1) is 11.3 Å². The number of aryl methyl sites for hydroxylation is 1. The van der Waals surface area contributed by atoms with Crippen molar-refractivity contribution in [2.45, 2.75) is 31.5 Å². The lowest BCUT2D eigenvalue weighted by atomic mass is 9.90. The van der Waals surface area contributed by atoms with Crippen LogP contribution in [-0.4, -0.2) is 49.0 Å². The highest BCUT2D eigenvalue weighted by atomic mass is 19.3. The molecule has 1 aromatic carbocycles. The fourth-order valence-corrected chi connectivity index (χ4v) is 4.55. The lowest BCUT2D eigenvalue weighted by molar-refractivity contribution is 0.109. The Balaban J connectivity index is 1.49. The topological polar surface area (TPSA) is 88.4 Å². The van der Waals surface area contributed by atoms with E-state index in [-0.39, 0.29) is 12.8 Å². The highest BCUT2D eigenvalue weighted by Gasteiger charge is 2.40. The molecule has 0 aliphatic carbocycles. The molecule has 0 N–H and O–H groups in total. The molecule has 11 heteroatoms. The molecule has 8 nitrogen and oxygen atoms in total. The van der Waals surface area contributed by atoms with E-state index in [1.807, 2.05) is 17.0 Å². The number of rotatable bonds is 5. The molecule has 0 saturated carbocycles. The molecule has 0 atom stereocenters. The number of halogens is 3. The highest BCUT2D eigenvalue weighted by molar-refractivity contribution is 5.87. The van der Waals surface area contributed by atoms with Gasteiger partial charge in [-0.1, -0.05) is 12.1 Å². The van der Waals surface area contributed by atoms with Gasteiger partial charge in [-0.25, -0.2) is 18.2 Å². The molecule has 0 unspecified atom stereocenters. The summed E-state index contributed by atoms with van der Waals surface area (Å²) in [4.78, 5) is 6.34. The molecule has 3 aromatic heterocycles. The van der Waals surface area contributed by atoms with Crippen molar-refractivity contribution in [3.63, 3.8) is 0 Å². The zero-order valence-electron chi connectivity index (χ0n) is 18.4. The summed E-state index contributed by atoms with van der Waals surface area (Å²) >= 11 is 0. The third-order valence-electron chi connectivity index (χ3n) is 6.18. The molecule has 34 heavy (non-hydrogen) atoms. The number of fused-ring (bicyclic) bond motifs is 1. The van der Waals surface area contributed by atoms with Crippen molar-refractivity contribution in [2.24, 2.45) is 7.05 Å². The summed E-state index contributed by atoms with van der Waals surface area (Å²) in [6.07, 6.45) is 2.53. The molecule has 0 amide bonds. The standard InChI is InChI=1S/C23H21F3N8/c1-32-14-29-30-22(32)23(26)5-7-33(8-6-23)20-15(10-27)3-2-4-18(20)16-9-17-12-34(13-19(24)25)31-21(17)28-11-16/h2-4,9,11-12,14,19H,5-8,13H2,1H3. The van der Waals surface area contributed by atoms with Crippen molar-refractivity contribution in [2.75, 3.05) is 18.0 Å². The minimum absolute atomic E-state index is 0.205. The van der Waals surface area contributed by atoms with Crippen molar-refractivity contribution in [1.29, 1.82) is 5.26 Å². The summed E-state index contributed by atoms with van der Waals surface area (Å²) in [5.74, 6) is 0.302. The Morgan fingerprint density at radius 2 is 2.03 bits per heavy atom. The molecule has 5 rings (SSSR count). The number of para-hydroxylation sites is 1. The van der Waals surface area contributed by atoms with Crippen molar-refractivity contribution in [3.05, 3.63) is 54.4 Å². The average Bonchev–Trinajstić information content (AvgIpc) is 3.43. The van der Waals surface area contributed by atoms with Gasteiger partial charge >= 0.3 is 0 Å². The Bertz CT molecular complexity index is 1380. The number of hydrogen-bond acceptors (Lipinski definition) is 6. The molecule has 4 aromatic rings. The molecule has 4 heterocycles. The number of anilines is 1. The maximum atomic E-state index is 15.7. The van der Waals surface area contributed by atoms with Gasteiger partial charge in [0, 0.05) is 61.9 Å². The number of aromatic nitrogens is 6. The molecule has 1 aliphatic heterocycles. The number of hydrogen-bond donors (Lipinski definition) is 0. The summed E-state index contributed by atoms with van der Waals surface area (Å²) < 4.78 is 43.9. The first-order valence-corrected chi connectivity index (χ1v) is 10.8. The normalized spacial score (nSPS) is 15.7. The lowest BCUT2D eigenvalue weighted by Gasteiger charge is -2.38. The van der Waals surface area contributed by atoms with Crippen molar-refractivity contribution in [3.8, 4) is 17.2 Å². The van der Waals surface area contributed by atoms with E-state index in [0.717, 1.165) is 11.1 Å². The first-order valence-electron chi connectivity index (χ1n) is 10.8. The van der Waals surface area contributed by atoms with E-state index in [2.05, 4.69) is 26.3 Å². The predicted molar refractivity (Wildman–Crippen MR) is 119 cm³/mol. The average molecular weight is 466 g/mol. The van der Waals surface area contributed by atoms with E-state index in [4.69, 9.17) is 0 Å². The van der Waals surface area contributed by atoms with E-state index in [9.17, 15) is 14.0 Å². The van der Waals surface area contributed by atoms with Crippen LogP contribution in [0.2, 0.25) is 0 Å². The first-order chi connectivity index (χ1) is 16.4. The number of nitriles is 1. The largest absolute Gasteiger partial charge is 0.370 e. The Morgan fingerprint density at radius 1 is 1.24 bits per heavy atom. The SMILES string of the molecule is Cn1cnnc1C1(F)CCN(c2c(C#N)cccc2-c2cnc3nn(CC(F)F)cc3c2)CC1. The molecule has 1 saturated heterocycles. The Morgan fingerprint density at radius 3 is 2.71 bits per heavy atom. The Kier molecular flexibility index (Phi) is 5.43. The number of pyridine rings is 1. The van der Waals surface area contributed by atoms with Crippen molar-refractivity contribution < 1.29 is 13.2 Å². The third kappa shape index (κ3) is 3.85. The maximum absolute atomic E-state index is 15.7. The predicted octanol–water partition coefficient (Wildman–Crippen LogP) is 3.83. The first kappa shape index (κ1) is 21.9. The van der Waals surface area contributed by atoms with E-state index < -0.39 is 18.6 Å². The van der Waals surface area contributed by atoms with Crippen LogP contribution >= 0.6 is 0 Å². The van der Waals surface area contributed by atoms with Crippen LogP contribution in [0.1, 0.15) is 24.2 Å². The van der Waals surface area contributed by atoms with Crippen LogP contribution < -0.4 is 4.90 Å². The molecule has 0 spiro atoms. The fraction of sp³-hybridized carbons (Fsp3) is 0.348. The minimum Gasteiger partial charge on any atom is -0.370 e. The number of piperidine rings is 1. The van der Waals surface area contributed by atoms with E-state index in [1.165, 1.54) is 17.2 Å². The van der Waals surface area contributed by atoms with Gasteiger partial charge in [0.25, 0.3) is 6.43 Å². The third-order valence-corrected chi connectivity index (χ3v) is 6.18. The van der Waals surface area contributed by atoms with Crippen LogP contribution in [0.15, 0.2) is 43.0 Å². The van der Waals surface area contributed by atoms with Crippen LogP contribution in [0.3, 0.4) is 0 Å². The monoisotopic (exact) mass is 466 g/mol. The second-order valence-corrected chi connectivity index (χ2v) is 8.41. The lowest BCUT2D eigenvalue weighted by Crippen LogP contribution is -2.42. The molecular weight excluding hydrogens is 445 g/mol. The van der Waals surface area contributed by atoms with Crippen LogP contribution in [-0.2, 0) is 19.3 Å². The van der Waals surface area contributed by atoms with Gasteiger partial charge < -0.3 is 9.47 Å².